The summed E-state index contributed by atoms with van der Waals surface area (Å²) in [4.78, 5) is 17.4. The second kappa shape index (κ2) is 7.83. The molecule has 2 aliphatic rings. The quantitative estimate of drug-likeness (QED) is 0.498. The van der Waals surface area contributed by atoms with Crippen LogP contribution in [0.15, 0.2) is 71.5 Å². The number of nitrogens with one attached hydrogen (secondary N) is 1. The number of fused-ring (bicyclic) bond motifs is 3. The number of aliphatic hydroxyl groups excluding tert-OH is 1. The fourth-order valence-corrected chi connectivity index (χ4v) is 5.82. The molecule has 0 saturated heterocycles. The summed E-state index contributed by atoms with van der Waals surface area (Å²) >= 11 is 3.46. The van der Waals surface area contributed by atoms with Gasteiger partial charge in [-0.1, -0.05) is 58.4 Å². The molecule has 5 rings (SSSR count). The number of methoxy groups -OCH3 is 1. The molecular formula is C25H23BrN2O5. The number of carbonyl (C=O) groups excluding carboxylic acids is 1. The molecule has 2 aromatic carbocycles. The van der Waals surface area contributed by atoms with E-state index in [9.17, 15) is 15.0 Å². The summed E-state index contributed by atoms with van der Waals surface area (Å²) in [7, 11) is 2.98. The van der Waals surface area contributed by atoms with Gasteiger partial charge < -0.3 is 25.0 Å². The fourth-order valence-electron chi connectivity index (χ4n) is 5.55. The second-order valence-electron chi connectivity index (χ2n) is 8.30. The number of nitrogens with zero attached hydrogens (tertiary/aromatic N) is 1. The molecule has 8 heteroatoms. The minimum absolute atomic E-state index is 0.275. The van der Waals surface area contributed by atoms with Gasteiger partial charge in [0.2, 0.25) is 5.91 Å². The number of aromatic nitrogens is 1. The van der Waals surface area contributed by atoms with E-state index in [1.54, 1.807) is 0 Å². The number of amides is 1. The Morgan fingerprint density at radius 2 is 1.85 bits per heavy atom. The molecule has 3 N–H and O–H groups in total. The molecule has 0 bridgehead atoms. The standard InChI is InChI=1S/C25H23BrN2O5/c1-27-23(30)19-20(14-6-4-3-5-7-14)25(15-8-10-16(26)11-9-15)24(31,22(19)29)21-17(32-2)12-28-13-18(21)33-25/h3-13,19-20,22,29,31H,1-2H3,(H,27,30)/t19-,20?,22-,24?,25?/m1/s1. The van der Waals surface area contributed by atoms with E-state index in [0.29, 0.717) is 11.3 Å². The Morgan fingerprint density at radius 3 is 2.48 bits per heavy atom. The smallest absolute Gasteiger partial charge is 0.226 e. The lowest BCUT2D eigenvalue weighted by Gasteiger charge is -2.40. The Morgan fingerprint density at radius 1 is 1.15 bits per heavy atom. The van der Waals surface area contributed by atoms with E-state index in [1.165, 1.54) is 26.6 Å². The van der Waals surface area contributed by atoms with Gasteiger partial charge >= 0.3 is 0 Å². The van der Waals surface area contributed by atoms with Gasteiger partial charge in [0.05, 0.1) is 31.0 Å². The number of rotatable bonds is 4. The Bertz CT molecular complexity index is 1210. The normalized spacial score (nSPS) is 29.7. The van der Waals surface area contributed by atoms with Crippen LogP contribution in [0.4, 0.5) is 0 Å². The zero-order valence-electron chi connectivity index (χ0n) is 18.0. The predicted molar refractivity (Wildman–Crippen MR) is 124 cm³/mol. The van der Waals surface area contributed by atoms with Crippen LogP contribution in [0.5, 0.6) is 11.5 Å². The number of hydrogen-bond donors (Lipinski definition) is 3. The van der Waals surface area contributed by atoms with Gasteiger partial charge in [0.25, 0.3) is 0 Å². The van der Waals surface area contributed by atoms with Crippen molar-refractivity contribution in [3.8, 4) is 11.5 Å². The Kier molecular flexibility index (Phi) is 5.19. The summed E-state index contributed by atoms with van der Waals surface area (Å²) in [6, 6.07) is 16.7. The van der Waals surface area contributed by atoms with Crippen LogP contribution < -0.4 is 14.8 Å². The monoisotopic (exact) mass is 510 g/mol. The maximum Gasteiger partial charge on any atom is 0.226 e. The maximum atomic E-state index is 13.2. The molecule has 1 aromatic heterocycles. The van der Waals surface area contributed by atoms with E-state index in [1.807, 2.05) is 54.6 Å². The number of aliphatic hydroxyl groups is 2. The first-order chi connectivity index (χ1) is 15.9. The predicted octanol–water partition coefficient (Wildman–Crippen LogP) is 2.85. The Hall–Kier alpha value is -2.94. The van der Waals surface area contributed by atoms with Crippen LogP contribution in [0, 0.1) is 5.92 Å². The van der Waals surface area contributed by atoms with E-state index in [-0.39, 0.29) is 11.3 Å². The van der Waals surface area contributed by atoms with Crippen molar-refractivity contribution in [3.63, 3.8) is 0 Å². The highest BCUT2D eigenvalue weighted by atomic mass is 79.9. The zero-order valence-corrected chi connectivity index (χ0v) is 19.6. The molecule has 1 aliphatic heterocycles. The van der Waals surface area contributed by atoms with Crippen molar-refractivity contribution in [1.82, 2.24) is 10.3 Å². The Balaban J connectivity index is 1.89. The maximum absolute atomic E-state index is 13.2. The highest BCUT2D eigenvalue weighted by molar-refractivity contribution is 9.10. The number of ether oxygens (including phenoxy) is 2. The number of carbonyl (C=O) groups is 1. The van der Waals surface area contributed by atoms with Crippen molar-refractivity contribution < 1.29 is 24.5 Å². The largest absolute Gasteiger partial charge is 0.495 e. The Labute approximate surface area is 199 Å². The van der Waals surface area contributed by atoms with E-state index in [2.05, 4.69) is 26.2 Å². The average molecular weight is 511 g/mol. The van der Waals surface area contributed by atoms with Gasteiger partial charge in [0.15, 0.2) is 11.2 Å². The van der Waals surface area contributed by atoms with Crippen molar-refractivity contribution in [2.24, 2.45) is 5.92 Å². The van der Waals surface area contributed by atoms with Crippen LogP contribution in [0.25, 0.3) is 0 Å². The minimum Gasteiger partial charge on any atom is -0.495 e. The van der Waals surface area contributed by atoms with E-state index < -0.39 is 35.0 Å². The first-order valence-electron chi connectivity index (χ1n) is 10.5. The second-order valence-corrected chi connectivity index (χ2v) is 9.21. The lowest BCUT2D eigenvalue weighted by atomic mass is 9.70. The first-order valence-corrected chi connectivity index (χ1v) is 11.3. The van der Waals surface area contributed by atoms with Crippen molar-refractivity contribution >= 4 is 21.8 Å². The van der Waals surface area contributed by atoms with Gasteiger partial charge in [0, 0.05) is 17.4 Å². The van der Waals surface area contributed by atoms with E-state index >= 15 is 0 Å². The van der Waals surface area contributed by atoms with Crippen molar-refractivity contribution in [2.45, 2.75) is 23.2 Å². The average Bonchev–Trinajstić information content (AvgIpc) is 3.22. The summed E-state index contributed by atoms with van der Waals surface area (Å²) < 4.78 is 13.0. The number of benzene rings is 2. The third-order valence-electron chi connectivity index (χ3n) is 6.86. The molecule has 1 aliphatic carbocycles. The van der Waals surface area contributed by atoms with Crippen LogP contribution >= 0.6 is 15.9 Å². The molecule has 0 radical (unpaired) electrons. The summed E-state index contributed by atoms with van der Waals surface area (Å²) in [6.45, 7) is 0. The molecule has 170 valence electrons. The molecule has 1 amide bonds. The van der Waals surface area contributed by atoms with Gasteiger partial charge in [0.1, 0.15) is 17.6 Å². The lowest BCUT2D eigenvalue weighted by Crippen LogP contribution is -2.52. The van der Waals surface area contributed by atoms with Gasteiger partial charge in [-0.05, 0) is 23.3 Å². The van der Waals surface area contributed by atoms with Crippen LogP contribution in [0.2, 0.25) is 0 Å². The molecule has 2 heterocycles. The molecule has 33 heavy (non-hydrogen) atoms. The molecule has 0 spiro atoms. The molecule has 5 atom stereocenters. The van der Waals surface area contributed by atoms with Crippen LogP contribution in [-0.4, -0.2) is 41.4 Å². The van der Waals surface area contributed by atoms with Gasteiger partial charge in [-0.15, -0.1) is 0 Å². The van der Waals surface area contributed by atoms with Crippen molar-refractivity contribution in [3.05, 3.63) is 88.2 Å². The molecular weight excluding hydrogens is 488 g/mol. The topological polar surface area (TPSA) is 101 Å². The summed E-state index contributed by atoms with van der Waals surface area (Å²) in [5, 5.41) is 26.9. The lowest BCUT2D eigenvalue weighted by molar-refractivity contribution is -0.154. The van der Waals surface area contributed by atoms with Gasteiger partial charge in [-0.3, -0.25) is 9.78 Å². The van der Waals surface area contributed by atoms with E-state index in [0.717, 1.165) is 10.0 Å². The third-order valence-corrected chi connectivity index (χ3v) is 7.39. The highest BCUT2D eigenvalue weighted by Gasteiger charge is 2.78. The fraction of sp³-hybridized carbons (Fsp3) is 0.280. The molecule has 3 unspecified atom stereocenters. The van der Waals surface area contributed by atoms with E-state index in [4.69, 9.17) is 9.47 Å². The SMILES string of the molecule is CNC(=O)[C@@H]1C(c2ccccc2)C2(c3ccc(Br)cc3)Oc3cncc(OC)c3C2(O)[C@@H]1O. The van der Waals surface area contributed by atoms with Crippen LogP contribution in [0.1, 0.15) is 22.6 Å². The summed E-state index contributed by atoms with van der Waals surface area (Å²) in [5.41, 5.74) is -1.87. The van der Waals surface area contributed by atoms with Gasteiger partial charge in [-0.2, -0.15) is 0 Å². The molecule has 7 nitrogen and oxygen atoms in total. The van der Waals surface area contributed by atoms with Crippen molar-refractivity contribution in [1.29, 1.82) is 0 Å². The third kappa shape index (κ3) is 2.81. The van der Waals surface area contributed by atoms with Crippen LogP contribution in [-0.2, 0) is 16.0 Å². The number of pyridine rings is 1. The summed E-state index contributed by atoms with van der Waals surface area (Å²) in [6.07, 6.45) is 1.47. The highest BCUT2D eigenvalue weighted by Crippen LogP contribution is 2.69. The molecule has 1 saturated carbocycles. The molecule has 1 fully saturated rings. The minimum atomic E-state index is -2.00. The van der Waals surface area contributed by atoms with Gasteiger partial charge in [-0.25, -0.2) is 0 Å². The first kappa shape index (κ1) is 21.9. The number of hydrogen-bond acceptors (Lipinski definition) is 6. The summed E-state index contributed by atoms with van der Waals surface area (Å²) in [5.74, 6) is -1.55. The van der Waals surface area contributed by atoms with Crippen molar-refractivity contribution in [2.75, 3.05) is 14.2 Å². The molecule has 3 aromatic rings. The van der Waals surface area contributed by atoms with Crippen LogP contribution in [0.3, 0.4) is 0 Å². The number of halogens is 1. The zero-order chi connectivity index (χ0) is 23.4.